The van der Waals surface area contributed by atoms with Gasteiger partial charge in [-0.2, -0.15) is 10.4 Å². The minimum absolute atomic E-state index is 0.0944. The summed E-state index contributed by atoms with van der Waals surface area (Å²) in [4.78, 5) is 11.6. The largest absolute Gasteiger partial charge is 0.286 e. The third kappa shape index (κ3) is 1.15. The molecule has 0 amide bonds. The number of aromatic amines is 1. The first kappa shape index (κ1) is 8.45. The Morgan fingerprint density at radius 1 is 1.50 bits per heavy atom. The first-order valence-electron chi connectivity index (χ1n) is 4.11. The molecule has 0 unspecified atom stereocenters. The lowest BCUT2D eigenvalue weighted by atomic mass is 10.1. The standard InChI is InChI=1S/C10H7N3O/c1-6-2-3-8-7(4-6)10(14)9(5-11)13-12-8/h2-4H,1H3,(H,12,14). The summed E-state index contributed by atoms with van der Waals surface area (Å²) in [6.45, 7) is 1.89. The Morgan fingerprint density at radius 3 is 3.00 bits per heavy atom. The van der Waals surface area contributed by atoms with E-state index < -0.39 is 0 Å². The quantitative estimate of drug-likeness (QED) is 0.668. The Hall–Kier alpha value is -2.15. The topological polar surface area (TPSA) is 69.5 Å². The van der Waals surface area contributed by atoms with Crippen LogP contribution in [0.3, 0.4) is 0 Å². The highest BCUT2D eigenvalue weighted by atomic mass is 16.1. The van der Waals surface area contributed by atoms with Crippen LogP contribution in [0.2, 0.25) is 0 Å². The van der Waals surface area contributed by atoms with Crippen LogP contribution in [0.5, 0.6) is 0 Å². The molecule has 0 saturated carbocycles. The van der Waals surface area contributed by atoms with Crippen LogP contribution in [0.15, 0.2) is 23.0 Å². The Bertz CT molecular complexity index is 592. The zero-order valence-electron chi connectivity index (χ0n) is 7.53. The van der Waals surface area contributed by atoms with E-state index in [1.165, 1.54) is 0 Å². The lowest BCUT2D eigenvalue weighted by molar-refractivity contribution is 1.04. The Labute approximate surface area is 79.8 Å². The highest BCUT2D eigenvalue weighted by Crippen LogP contribution is 2.08. The van der Waals surface area contributed by atoms with Gasteiger partial charge in [-0.3, -0.25) is 9.89 Å². The van der Waals surface area contributed by atoms with Crippen molar-refractivity contribution in [1.82, 2.24) is 10.2 Å². The van der Waals surface area contributed by atoms with Gasteiger partial charge in [-0.1, -0.05) is 11.6 Å². The fourth-order valence-electron chi connectivity index (χ4n) is 1.31. The zero-order valence-corrected chi connectivity index (χ0v) is 7.53. The van der Waals surface area contributed by atoms with Gasteiger partial charge in [0.05, 0.1) is 10.9 Å². The van der Waals surface area contributed by atoms with Crippen molar-refractivity contribution in [1.29, 1.82) is 5.26 Å². The van der Waals surface area contributed by atoms with E-state index in [1.807, 2.05) is 13.0 Å². The van der Waals surface area contributed by atoms with Crippen LogP contribution in [-0.4, -0.2) is 10.2 Å². The van der Waals surface area contributed by atoms with E-state index in [4.69, 9.17) is 5.26 Å². The summed E-state index contributed by atoms with van der Waals surface area (Å²) < 4.78 is 0. The molecule has 1 heterocycles. The first-order chi connectivity index (χ1) is 6.72. The van der Waals surface area contributed by atoms with E-state index in [-0.39, 0.29) is 11.1 Å². The SMILES string of the molecule is Cc1ccc2[nH]nc(C#N)c(=O)c2c1. The summed E-state index contributed by atoms with van der Waals surface area (Å²) in [7, 11) is 0. The molecule has 0 bridgehead atoms. The van der Waals surface area contributed by atoms with Gasteiger partial charge in [0.1, 0.15) is 6.07 Å². The average Bonchev–Trinajstić information content (AvgIpc) is 2.20. The van der Waals surface area contributed by atoms with Gasteiger partial charge in [-0.25, -0.2) is 0 Å². The highest BCUT2D eigenvalue weighted by molar-refractivity contribution is 5.79. The van der Waals surface area contributed by atoms with Gasteiger partial charge < -0.3 is 0 Å². The molecule has 2 rings (SSSR count). The summed E-state index contributed by atoms with van der Waals surface area (Å²) in [6, 6.07) is 7.16. The number of hydrogen-bond acceptors (Lipinski definition) is 3. The average molecular weight is 185 g/mol. The molecule has 0 fully saturated rings. The van der Waals surface area contributed by atoms with Crippen molar-refractivity contribution in [3.8, 4) is 6.07 Å². The summed E-state index contributed by atoms with van der Waals surface area (Å²) >= 11 is 0. The molecule has 0 saturated heterocycles. The summed E-state index contributed by atoms with van der Waals surface area (Å²) in [5.41, 5.74) is 1.23. The molecular weight excluding hydrogens is 178 g/mol. The molecule has 0 radical (unpaired) electrons. The van der Waals surface area contributed by atoms with Gasteiger partial charge in [0.2, 0.25) is 11.1 Å². The molecule has 2 aromatic rings. The number of aryl methyl sites for hydroxylation is 1. The number of fused-ring (bicyclic) bond motifs is 1. The van der Waals surface area contributed by atoms with Crippen LogP contribution in [-0.2, 0) is 0 Å². The minimum Gasteiger partial charge on any atom is -0.286 e. The molecule has 1 aromatic carbocycles. The van der Waals surface area contributed by atoms with Crippen molar-refractivity contribution in [2.75, 3.05) is 0 Å². The molecule has 0 aliphatic carbocycles. The third-order valence-corrected chi connectivity index (χ3v) is 2.03. The predicted octanol–water partition coefficient (Wildman–Crippen LogP) is 1.10. The van der Waals surface area contributed by atoms with Crippen molar-refractivity contribution in [2.24, 2.45) is 0 Å². The Balaban J connectivity index is 2.96. The van der Waals surface area contributed by atoms with E-state index >= 15 is 0 Å². The maximum Gasteiger partial charge on any atom is 0.226 e. The van der Waals surface area contributed by atoms with E-state index in [9.17, 15) is 4.79 Å². The fraction of sp³-hybridized carbons (Fsp3) is 0.100. The maximum absolute atomic E-state index is 11.6. The van der Waals surface area contributed by atoms with Crippen molar-refractivity contribution in [3.05, 3.63) is 39.7 Å². The lowest BCUT2D eigenvalue weighted by Crippen LogP contribution is -2.10. The number of benzene rings is 1. The van der Waals surface area contributed by atoms with Gasteiger partial charge >= 0.3 is 0 Å². The Morgan fingerprint density at radius 2 is 2.29 bits per heavy atom. The number of aromatic nitrogens is 2. The fourth-order valence-corrected chi connectivity index (χ4v) is 1.31. The lowest BCUT2D eigenvalue weighted by Gasteiger charge is -1.97. The smallest absolute Gasteiger partial charge is 0.226 e. The molecule has 4 nitrogen and oxygen atoms in total. The molecule has 1 aromatic heterocycles. The summed E-state index contributed by atoms with van der Waals surface area (Å²) in [6.07, 6.45) is 0. The second-order valence-corrected chi connectivity index (χ2v) is 3.06. The molecule has 14 heavy (non-hydrogen) atoms. The molecular formula is C10H7N3O. The number of nitrogens with one attached hydrogen (secondary N) is 1. The molecule has 4 heteroatoms. The van der Waals surface area contributed by atoms with Gasteiger partial charge in [-0.15, -0.1) is 0 Å². The molecule has 0 aliphatic rings. The second-order valence-electron chi connectivity index (χ2n) is 3.06. The van der Waals surface area contributed by atoms with Crippen LogP contribution in [0.4, 0.5) is 0 Å². The van der Waals surface area contributed by atoms with E-state index in [0.717, 1.165) is 5.56 Å². The van der Waals surface area contributed by atoms with Crippen molar-refractivity contribution >= 4 is 10.9 Å². The number of hydrogen-bond donors (Lipinski definition) is 1. The van der Waals surface area contributed by atoms with E-state index in [1.54, 1.807) is 18.2 Å². The predicted molar refractivity (Wildman–Crippen MR) is 51.8 cm³/mol. The first-order valence-corrected chi connectivity index (χ1v) is 4.11. The second kappa shape index (κ2) is 2.96. The molecule has 1 N–H and O–H groups in total. The van der Waals surface area contributed by atoms with Crippen molar-refractivity contribution in [3.63, 3.8) is 0 Å². The number of H-pyrrole nitrogens is 1. The monoisotopic (exact) mass is 185 g/mol. The zero-order chi connectivity index (χ0) is 10.1. The van der Waals surface area contributed by atoms with Gasteiger partial charge in [-0.05, 0) is 19.1 Å². The van der Waals surface area contributed by atoms with Crippen LogP contribution in [0.1, 0.15) is 11.3 Å². The van der Waals surface area contributed by atoms with Crippen LogP contribution in [0.25, 0.3) is 10.9 Å². The molecule has 68 valence electrons. The summed E-state index contributed by atoms with van der Waals surface area (Å²) in [5.74, 6) is 0. The molecule has 0 aliphatic heterocycles. The number of nitriles is 1. The normalized spacial score (nSPS) is 10.0. The van der Waals surface area contributed by atoms with Crippen molar-refractivity contribution in [2.45, 2.75) is 6.92 Å². The number of rotatable bonds is 0. The Kier molecular flexibility index (Phi) is 1.79. The van der Waals surface area contributed by atoms with Crippen LogP contribution in [0, 0.1) is 18.3 Å². The highest BCUT2D eigenvalue weighted by Gasteiger charge is 2.05. The van der Waals surface area contributed by atoms with Gasteiger partial charge in [0.15, 0.2) is 0 Å². The van der Waals surface area contributed by atoms with Crippen LogP contribution >= 0.6 is 0 Å². The number of nitrogens with zero attached hydrogens (tertiary/aromatic N) is 2. The van der Waals surface area contributed by atoms with Crippen molar-refractivity contribution < 1.29 is 0 Å². The maximum atomic E-state index is 11.6. The van der Waals surface area contributed by atoms with Gasteiger partial charge in [0, 0.05) is 0 Å². The third-order valence-electron chi connectivity index (χ3n) is 2.03. The van der Waals surface area contributed by atoms with E-state index in [0.29, 0.717) is 10.9 Å². The summed E-state index contributed by atoms with van der Waals surface area (Å²) in [5, 5.41) is 15.4. The van der Waals surface area contributed by atoms with Gasteiger partial charge in [0.25, 0.3) is 0 Å². The minimum atomic E-state index is -0.315. The van der Waals surface area contributed by atoms with Crippen LogP contribution < -0.4 is 5.43 Å². The molecule has 0 atom stereocenters. The van der Waals surface area contributed by atoms with E-state index in [2.05, 4.69) is 10.2 Å². The molecule has 0 spiro atoms.